The van der Waals surface area contributed by atoms with E-state index < -0.39 is 7.28 Å². The number of aryl methyl sites for hydroxylation is 1. The molecule has 0 aliphatic heterocycles. The van der Waals surface area contributed by atoms with Crippen molar-refractivity contribution in [2.75, 3.05) is 6.16 Å². The Morgan fingerprint density at radius 2 is 1.00 bits per heavy atom. The minimum absolute atomic E-state index is 0.0622. The van der Waals surface area contributed by atoms with E-state index in [9.17, 15) is 14.7 Å². The maximum absolute atomic E-state index is 10.3. The number of unbranched alkanes of at least 4 members (excludes halogenated alkanes) is 7. The SMILES string of the molecule is OP(O)(O)(CCCCCCCCCCc1ccccc1)c1ccccc1. The molecule has 0 radical (unpaired) electrons. The number of benzene rings is 2. The maximum atomic E-state index is 10.3. The van der Waals surface area contributed by atoms with Gasteiger partial charge in [0.2, 0.25) is 0 Å². The van der Waals surface area contributed by atoms with E-state index in [0.717, 1.165) is 19.3 Å². The van der Waals surface area contributed by atoms with E-state index in [1.165, 1.54) is 37.7 Å². The summed E-state index contributed by atoms with van der Waals surface area (Å²) in [4.78, 5) is 30.9. The van der Waals surface area contributed by atoms with Crippen molar-refractivity contribution in [2.24, 2.45) is 0 Å². The van der Waals surface area contributed by atoms with Crippen molar-refractivity contribution in [3.05, 3.63) is 66.2 Å². The van der Waals surface area contributed by atoms with Crippen LogP contribution in [-0.4, -0.2) is 20.8 Å². The van der Waals surface area contributed by atoms with Crippen LogP contribution in [0.1, 0.15) is 56.9 Å². The summed E-state index contributed by atoms with van der Waals surface area (Å²) in [5.41, 5.74) is 1.42. The van der Waals surface area contributed by atoms with Crippen molar-refractivity contribution in [3.8, 4) is 0 Å². The van der Waals surface area contributed by atoms with Crippen molar-refractivity contribution >= 4 is 12.6 Å². The van der Waals surface area contributed by atoms with Crippen LogP contribution in [0.3, 0.4) is 0 Å². The monoisotopic (exact) mass is 376 g/mol. The predicted octanol–water partition coefficient (Wildman–Crippen LogP) is 4.95. The second-order valence-corrected chi connectivity index (χ2v) is 10.5. The van der Waals surface area contributed by atoms with Crippen LogP contribution in [0.4, 0.5) is 0 Å². The summed E-state index contributed by atoms with van der Waals surface area (Å²) in [5, 5.41) is 0.261. The summed E-state index contributed by atoms with van der Waals surface area (Å²) < 4.78 is 0. The van der Waals surface area contributed by atoms with E-state index >= 15 is 0 Å². The van der Waals surface area contributed by atoms with Gasteiger partial charge in [-0.2, -0.15) is 0 Å². The molecule has 3 nitrogen and oxygen atoms in total. The molecule has 144 valence electrons. The molecule has 0 atom stereocenters. The first-order valence-electron chi connectivity index (χ1n) is 9.81. The predicted molar refractivity (Wildman–Crippen MR) is 112 cm³/mol. The van der Waals surface area contributed by atoms with Gasteiger partial charge in [-0.25, -0.2) is 0 Å². The Labute approximate surface area is 157 Å². The molecule has 2 rings (SSSR count). The molecule has 0 spiro atoms. The van der Waals surface area contributed by atoms with Gasteiger partial charge in [0, 0.05) is 0 Å². The fraction of sp³-hybridized carbons (Fsp3) is 0.455. The van der Waals surface area contributed by atoms with Crippen LogP contribution >= 0.6 is 7.28 Å². The van der Waals surface area contributed by atoms with Gasteiger partial charge in [-0.3, -0.25) is 0 Å². The van der Waals surface area contributed by atoms with Crippen LogP contribution in [0.15, 0.2) is 60.7 Å². The Balaban J connectivity index is 1.50. The molecule has 0 unspecified atom stereocenters. The summed E-state index contributed by atoms with van der Waals surface area (Å²) in [7, 11) is -4.67. The molecule has 2 aromatic carbocycles. The Bertz CT molecular complexity index is 620. The molecule has 0 saturated heterocycles. The second-order valence-electron chi connectivity index (χ2n) is 7.27. The van der Waals surface area contributed by atoms with Gasteiger partial charge in [0.1, 0.15) is 0 Å². The summed E-state index contributed by atoms with van der Waals surface area (Å²) >= 11 is 0. The van der Waals surface area contributed by atoms with Gasteiger partial charge >= 0.3 is 139 Å². The number of hydrogen-bond donors (Lipinski definition) is 3. The fourth-order valence-electron chi connectivity index (χ4n) is 3.30. The molecule has 2 aromatic rings. The zero-order chi connectivity index (χ0) is 18.7. The average molecular weight is 376 g/mol. The van der Waals surface area contributed by atoms with Crippen molar-refractivity contribution in [1.29, 1.82) is 0 Å². The van der Waals surface area contributed by atoms with Gasteiger partial charge in [0.25, 0.3) is 0 Å². The van der Waals surface area contributed by atoms with Gasteiger partial charge in [0.15, 0.2) is 0 Å². The summed E-state index contributed by atoms with van der Waals surface area (Å²) in [6, 6.07) is 19.1. The third kappa shape index (κ3) is 7.55. The Morgan fingerprint density at radius 3 is 1.58 bits per heavy atom. The zero-order valence-electron chi connectivity index (χ0n) is 15.6. The topological polar surface area (TPSA) is 60.7 Å². The van der Waals surface area contributed by atoms with Gasteiger partial charge in [0.05, 0.1) is 0 Å². The minimum atomic E-state index is -4.67. The quantitative estimate of drug-likeness (QED) is 0.363. The molecule has 0 bridgehead atoms. The molecular weight excluding hydrogens is 343 g/mol. The van der Waals surface area contributed by atoms with Crippen molar-refractivity contribution in [3.63, 3.8) is 0 Å². The normalized spacial score (nSPS) is 13.3. The molecule has 4 heteroatoms. The van der Waals surface area contributed by atoms with Gasteiger partial charge in [-0.05, 0) is 0 Å². The first-order chi connectivity index (χ1) is 12.5. The van der Waals surface area contributed by atoms with Gasteiger partial charge < -0.3 is 0 Å². The first-order valence-corrected chi connectivity index (χ1v) is 12.1. The fourth-order valence-corrected chi connectivity index (χ4v) is 5.15. The van der Waals surface area contributed by atoms with Crippen molar-refractivity contribution in [1.82, 2.24) is 0 Å². The molecule has 3 N–H and O–H groups in total. The van der Waals surface area contributed by atoms with Crippen LogP contribution in [0.2, 0.25) is 0 Å². The standard InChI is InChI=1S/C22H33O3P/c23-26(24,25,22-18-12-8-13-19-22)20-14-6-4-2-1-3-5-9-15-21-16-10-7-11-17-21/h7-8,10-13,16-19,23-25H,1-6,9,14-15,20H2. The molecule has 0 amide bonds. The van der Waals surface area contributed by atoms with E-state index in [1.54, 1.807) is 30.3 Å². The molecule has 0 heterocycles. The second kappa shape index (κ2) is 10.2. The van der Waals surface area contributed by atoms with Gasteiger partial charge in [-0.1, -0.05) is 18.2 Å². The van der Waals surface area contributed by atoms with Crippen LogP contribution in [0.5, 0.6) is 0 Å². The van der Waals surface area contributed by atoms with E-state index in [4.69, 9.17) is 0 Å². The van der Waals surface area contributed by atoms with E-state index in [2.05, 4.69) is 30.3 Å². The van der Waals surface area contributed by atoms with Gasteiger partial charge in [-0.15, -0.1) is 0 Å². The van der Waals surface area contributed by atoms with Crippen LogP contribution in [0.25, 0.3) is 0 Å². The van der Waals surface area contributed by atoms with Crippen molar-refractivity contribution < 1.29 is 14.7 Å². The molecule has 0 aromatic heterocycles. The molecular formula is C22H33O3P. The Hall–Kier alpha value is -1.25. The Morgan fingerprint density at radius 1 is 0.538 bits per heavy atom. The number of hydrogen-bond acceptors (Lipinski definition) is 3. The molecule has 26 heavy (non-hydrogen) atoms. The third-order valence-electron chi connectivity index (χ3n) is 4.91. The molecule has 0 aliphatic rings. The first kappa shape index (κ1) is 21.1. The summed E-state index contributed by atoms with van der Waals surface area (Å²) in [6.45, 7) is 0. The molecule has 0 saturated carbocycles. The third-order valence-corrected chi connectivity index (χ3v) is 7.41. The summed E-state index contributed by atoms with van der Waals surface area (Å²) in [6.07, 6.45) is 10.1. The zero-order valence-corrected chi connectivity index (χ0v) is 16.5. The molecule has 0 fully saturated rings. The Kier molecular flexibility index (Phi) is 8.24. The van der Waals surface area contributed by atoms with E-state index in [0.29, 0.717) is 6.42 Å². The van der Waals surface area contributed by atoms with E-state index in [1.807, 2.05) is 0 Å². The van der Waals surface area contributed by atoms with Crippen LogP contribution in [0, 0.1) is 0 Å². The van der Waals surface area contributed by atoms with Crippen LogP contribution in [-0.2, 0) is 6.42 Å². The average Bonchev–Trinajstić information content (AvgIpc) is 2.64. The number of rotatable bonds is 12. The van der Waals surface area contributed by atoms with E-state index in [-0.39, 0.29) is 11.5 Å². The summed E-state index contributed by atoms with van der Waals surface area (Å²) in [5.74, 6) is 0. The molecule has 0 aliphatic carbocycles. The van der Waals surface area contributed by atoms with Crippen LogP contribution < -0.4 is 5.30 Å². The van der Waals surface area contributed by atoms with Crippen molar-refractivity contribution in [2.45, 2.75) is 57.8 Å².